The number of thiophene rings is 1. The number of carbonyl (C=O) groups is 2. The zero-order valence-corrected chi connectivity index (χ0v) is 14.9. The Morgan fingerprint density at radius 2 is 1.91 bits per heavy atom. The van der Waals surface area contributed by atoms with Gasteiger partial charge in [-0.2, -0.15) is 0 Å². The molecule has 3 N–H and O–H groups in total. The second-order valence-electron chi connectivity index (χ2n) is 6.83. The van der Waals surface area contributed by atoms with Gasteiger partial charge < -0.3 is 20.3 Å². The van der Waals surface area contributed by atoms with Crippen molar-refractivity contribution in [2.75, 3.05) is 0 Å². The van der Waals surface area contributed by atoms with Crippen LogP contribution in [0.5, 0.6) is 0 Å². The Morgan fingerprint density at radius 1 is 1.30 bits per heavy atom. The molecule has 0 aliphatic carbocycles. The Bertz CT molecular complexity index is 547. The molecule has 1 rings (SSSR count). The van der Waals surface area contributed by atoms with Crippen molar-refractivity contribution in [1.82, 2.24) is 5.32 Å². The van der Waals surface area contributed by atoms with E-state index in [1.807, 2.05) is 13.8 Å². The molecule has 0 aliphatic heterocycles. The number of alkyl carbamates (subject to hydrolysis) is 1. The number of nitrogens with one attached hydrogen (secondary N) is 1. The van der Waals surface area contributed by atoms with Crippen LogP contribution in [-0.4, -0.2) is 33.9 Å². The molecule has 2 atom stereocenters. The topological polar surface area (TPSA) is 95.9 Å². The van der Waals surface area contributed by atoms with Crippen LogP contribution in [0, 0.1) is 5.92 Å². The van der Waals surface area contributed by atoms with Gasteiger partial charge in [0.25, 0.3) is 0 Å². The summed E-state index contributed by atoms with van der Waals surface area (Å²) in [5.41, 5.74) is -0.628. The zero-order chi connectivity index (χ0) is 17.8. The molecule has 0 spiro atoms. The minimum absolute atomic E-state index is 0.152. The molecular formula is C16H25NO5S. The van der Waals surface area contributed by atoms with E-state index in [2.05, 4.69) is 5.32 Å². The number of hydrogen-bond donors (Lipinski definition) is 3. The Balaban J connectivity index is 2.87. The summed E-state index contributed by atoms with van der Waals surface area (Å²) >= 11 is 1.00. The van der Waals surface area contributed by atoms with E-state index in [0.717, 1.165) is 11.3 Å². The van der Waals surface area contributed by atoms with E-state index < -0.39 is 29.8 Å². The van der Waals surface area contributed by atoms with Crippen LogP contribution in [-0.2, 0) is 4.74 Å². The summed E-state index contributed by atoms with van der Waals surface area (Å²) in [5, 5.41) is 22.2. The normalized spacial score (nSPS) is 14.4. The third-order valence-electron chi connectivity index (χ3n) is 2.94. The van der Waals surface area contributed by atoms with Crippen molar-refractivity contribution in [2.24, 2.45) is 5.92 Å². The molecule has 0 bridgehead atoms. The Morgan fingerprint density at radius 3 is 2.35 bits per heavy atom. The highest BCUT2D eigenvalue weighted by Gasteiger charge is 2.27. The van der Waals surface area contributed by atoms with Gasteiger partial charge in [-0.3, -0.25) is 0 Å². The summed E-state index contributed by atoms with van der Waals surface area (Å²) in [4.78, 5) is 23.6. The lowest BCUT2D eigenvalue weighted by Crippen LogP contribution is -2.42. The van der Waals surface area contributed by atoms with Gasteiger partial charge in [-0.25, -0.2) is 9.59 Å². The van der Waals surface area contributed by atoms with Crippen molar-refractivity contribution < 1.29 is 24.5 Å². The first-order chi connectivity index (χ1) is 10.5. The molecule has 6 nitrogen and oxygen atoms in total. The van der Waals surface area contributed by atoms with Crippen LogP contribution < -0.4 is 5.32 Å². The van der Waals surface area contributed by atoms with Crippen molar-refractivity contribution >= 4 is 23.4 Å². The number of aliphatic hydroxyl groups is 1. The highest BCUT2D eigenvalue weighted by atomic mass is 32.1. The van der Waals surface area contributed by atoms with Gasteiger partial charge in [-0.05, 0) is 45.2 Å². The number of aromatic carboxylic acids is 1. The molecule has 23 heavy (non-hydrogen) atoms. The predicted molar refractivity (Wildman–Crippen MR) is 88.9 cm³/mol. The molecule has 0 radical (unpaired) electrons. The summed E-state index contributed by atoms with van der Waals surface area (Å²) in [7, 11) is 0. The number of carbonyl (C=O) groups excluding carboxylic acids is 1. The fourth-order valence-electron chi connectivity index (χ4n) is 2.06. The molecule has 130 valence electrons. The Hall–Kier alpha value is -1.60. The molecule has 7 heteroatoms. The number of carboxylic acid groups (broad SMARTS) is 1. The third kappa shape index (κ3) is 6.58. The van der Waals surface area contributed by atoms with E-state index in [-0.39, 0.29) is 10.8 Å². The fraction of sp³-hybridized carbons (Fsp3) is 0.625. The lowest BCUT2D eigenvalue weighted by Gasteiger charge is -2.27. The quantitative estimate of drug-likeness (QED) is 0.735. The van der Waals surface area contributed by atoms with Crippen LogP contribution in [0.4, 0.5) is 4.79 Å². The molecule has 1 aromatic heterocycles. The van der Waals surface area contributed by atoms with Crippen LogP contribution in [0.2, 0.25) is 0 Å². The summed E-state index contributed by atoms with van der Waals surface area (Å²) in [6, 6.07) is 2.47. The summed E-state index contributed by atoms with van der Waals surface area (Å²) in [6.07, 6.45) is -1.04. The number of ether oxygens (including phenoxy) is 1. The number of amides is 1. The number of carboxylic acids is 1. The van der Waals surface area contributed by atoms with E-state index >= 15 is 0 Å². The third-order valence-corrected chi connectivity index (χ3v) is 4.08. The first-order valence-electron chi connectivity index (χ1n) is 7.50. The average molecular weight is 343 g/mol. The molecule has 2 unspecified atom stereocenters. The van der Waals surface area contributed by atoms with Crippen LogP contribution in [0.3, 0.4) is 0 Å². The Labute approximate surface area is 140 Å². The molecule has 0 saturated carbocycles. The van der Waals surface area contributed by atoms with E-state index in [0.29, 0.717) is 11.3 Å². The molecule has 0 saturated heterocycles. The smallest absolute Gasteiger partial charge is 0.407 e. The maximum Gasteiger partial charge on any atom is 0.407 e. The second kappa shape index (κ2) is 7.79. The molecule has 1 aromatic rings. The van der Waals surface area contributed by atoms with Crippen molar-refractivity contribution in [1.29, 1.82) is 0 Å². The fourth-order valence-corrected chi connectivity index (χ4v) is 2.96. The maximum atomic E-state index is 12.0. The molecule has 1 amide bonds. The predicted octanol–water partition coefficient (Wildman–Crippen LogP) is 3.42. The summed E-state index contributed by atoms with van der Waals surface area (Å²) in [5.74, 6) is -0.794. The number of rotatable bonds is 6. The van der Waals surface area contributed by atoms with Gasteiger partial charge >= 0.3 is 12.1 Å². The van der Waals surface area contributed by atoms with E-state index in [1.54, 1.807) is 26.8 Å². The van der Waals surface area contributed by atoms with Crippen molar-refractivity contribution in [3.63, 3.8) is 0 Å². The molecule has 0 aromatic carbocycles. The van der Waals surface area contributed by atoms with Gasteiger partial charge in [0.2, 0.25) is 0 Å². The summed E-state index contributed by atoms with van der Waals surface area (Å²) < 4.78 is 5.23. The van der Waals surface area contributed by atoms with Crippen LogP contribution in [0.25, 0.3) is 0 Å². The molecule has 0 aliphatic rings. The van der Waals surface area contributed by atoms with Crippen molar-refractivity contribution in [3.8, 4) is 0 Å². The number of aliphatic hydroxyl groups excluding tert-OH is 1. The zero-order valence-electron chi connectivity index (χ0n) is 14.1. The van der Waals surface area contributed by atoms with Crippen LogP contribution >= 0.6 is 11.3 Å². The standard InChI is InChI=1S/C16H25NO5S/c1-9(2)8-10(17-15(21)22-16(3,4)5)13(18)11-6-7-12(23-11)14(19)20/h6-7,9-10,13,18H,8H2,1-5H3,(H,17,21)(H,19,20). The lowest BCUT2D eigenvalue weighted by atomic mass is 9.98. The highest BCUT2D eigenvalue weighted by molar-refractivity contribution is 7.14. The van der Waals surface area contributed by atoms with E-state index in [1.165, 1.54) is 6.07 Å². The molecular weight excluding hydrogens is 318 g/mol. The average Bonchev–Trinajstić information content (AvgIpc) is 2.83. The van der Waals surface area contributed by atoms with Gasteiger partial charge in [0.1, 0.15) is 16.6 Å². The first kappa shape index (κ1) is 19.4. The Kier molecular flexibility index (Phi) is 6.58. The van der Waals surface area contributed by atoms with Gasteiger partial charge in [-0.15, -0.1) is 11.3 Å². The lowest BCUT2D eigenvalue weighted by molar-refractivity contribution is 0.0405. The minimum atomic E-state index is -1.03. The SMILES string of the molecule is CC(C)CC(NC(=O)OC(C)(C)C)C(O)c1ccc(C(=O)O)s1. The molecule has 1 heterocycles. The minimum Gasteiger partial charge on any atom is -0.477 e. The van der Waals surface area contributed by atoms with Gasteiger partial charge in [0.05, 0.1) is 6.04 Å². The number of hydrogen-bond acceptors (Lipinski definition) is 5. The second-order valence-corrected chi connectivity index (χ2v) is 7.95. The first-order valence-corrected chi connectivity index (χ1v) is 8.32. The maximum absolute atomic E-state index is 12.0. The van der Waals surface area contributed by atoms with E-state index in [9.17, 15) is 14.7 Å². The van der Waals surface area contributed by atoms with Crippen molar-refractivity contribution in [3.05, 3.63) is 21.9 Å². The highest BCUT2D eigenvalue weighted by Crippen LogP contribution is 2.28. The van der Waals surface area contributed by atoms with E-state index in [4.69, 9.17) is 9.84 Å². The summed E-state index contributed by atoms with van der Waals surface area (Å²) in [6.45, 7) is 9.25. The van der Waals surface area contributed by atoms with Crippen molar-refractivity contribution in [2.45, 2.75) is 58.8 Å². The molecule has 0 fully saturated rings. The van der Waals surface area contributed by atoms with Gasteiger partial charge in [0, 0.05) is 4.88 Å². The monoisotopic (exact) mass is 343 g/mol. The van der Waals surface area contributed by atoms with Crippen LogP contribution in [0.15, 0.2) is 12.1 Å². The van der Waals surface area contributed by atoms with Gasteiger partial charge in [-0.1, -0.05) is 13.8 Å². The largest absolute Gasteiger partial charge is 0.477 e. The van der Waals surface area contributed by atoms with Crippen LogP contribution in [0.1, 0.15) is 61.7 Å². The van der Waals surface area contributed by atoms with Gasteiger partial charge in [0.15, 0.2) is 0 Å².